The number of hydrazine groups is 1. The van der Waals surface area contributed by atoms with Gasteiger partial charge in [0.15, 0.2) is 5.76 Å². The van der Waals surface area contributed by atoms with Crippen molar-refractivity contribution >= 4 is 34.1 Å². The van der Waals surface area contributed by atoms with E-state index in [9.17, 15) is 14.4 Å². The molecule has 0 unspecified atom stereocenters. The molecular weight excluding hydrogens is 394 g/mol. The molecule has 0 atom stereocenters. The monoisotopic (exact) mass is 413 g/mol. The van der Waals surface area contributed by atoms with Gasteiger partial charge in [0.25, 0.3) is 17.7 Å². The number of hydrogen-bond acceptors (Lipinski definition) is 6. The number of carbonyl (C=O) groups excluding carboxylic acids is 3. The van der Waals surface area contributed by atoms with E-state index in [-0.39, 0.29) is 5.76 Å². The Kier molecular flexibility index (Phi) is 6.30. The summed E-state index contributed by atoms with van der Waals surface area (Å²) in [5.41, 5.74) is 5.80. The van der Waals surface area contributed by atoms with E-state index in [1.54, 1.807) is 49.4 Å². The van der Waals surface area contributed by atoms with Crippen molar-refractivity contribution in [3.8, 4) is 5.75 Å². The van der Waals surface area contributed by atoms with Gasteiger partial charge >= 0.3 is 0 Å². The molecule has 0 radical (unpaired) electrons. The van der Waals surface area contributed by atoms with Crippen molar-refractivity contribution in [1.82, 2.24) is 10.9 Å². The van der Waals surface area contributed by atoms with E-state index in [4.69, 9.17) is 9.15 Å². The van der Waals surface area contributed by atoms with E-state index in [1.165, 1.54) is 6.26 Å². The lowest BCUT2D eigenvalue weighted by molar-refractivity contribution is 0.0848. The predicted molar refractivity (Wildman–Crippen MR) is 108 cm³/mol. The van der Waals surface area contributed by atoms with Crippen LogP contribution < -0.4 is 20.9 Å². The summed E-state index contributed by atoms with van der Waals surface area (Å²) in [6.45, 7) is 4.14. The zero-order chi connectivity index (χ0) is 20.8. The molecule has 0 bridgehead atoms. The van der Waals surface area contributed by atoms with Crippen molar-refractivity contribution in [3.63, 3.8) is 0 Å². The van der Waals surface area contributed by atoms with Gasteiger partial charge in [0.05, 0.1) is 22.7 Å². The molecule has 0 aliphatic carbocycles. The predicted octanol–water partition coefficient (Wildman–Crippen LogP) is 3.38. The number of benzene rings is 1. The fraction of sp³-hybridized carbons (Fsp3) is 0.150. The number of carbonyl (C=O) groups is 3. The summed E-state index contributed by atoms with van der Waals surface area (Å²) in [6, 6.07) is 11.4. The fourth-order valence-corrected chi connectivity index (χ4v) is 3.43. The maximum absolute atomic E-state index is 12.4. The lowest BCUT2D eigenvalue weighted by Crippen LogP contribution is -2.41. The Morgan fingerprint density at radius 2 is 1.76 bits per heavy atom. The van der Waals surface area contributed by atoms with Crippen LogP contribution in [0.25, 0.3) is 0 Å². The Balaban J connectivity index is 1.58. The van der Waals surface area contributed by atoms with Crippen LogP contribution in [-0.2, 0) is 0 Å². The maximum atomic E-state index is 12.4. The number of hydrogen-bond donors (Lipinski definition) is 3. The Labute approximate surface area is 170 Å². The largest absolute Gasteiger partial charge is 0.494 e. The van der Waals surface area contributed by atoms with Crippen molar-refractivity contribution in [3.05, 3.63) is 70.5 Å². The van der Waals surface area contributed by atoms with Gasteiger partial charge in [-0.15, -0.1) is 11.3 Å². The van der Waals surface area contributed by atoms with Gasteiger partial charge in [0.1, 0.15) is 5.75 Å². The van der Waals surface area contributed by atoms with Crippen LogP contribution in [0.4, 0.5) is 5.00 Å². The summed E-state index contributed by atoms with van der Waals surface area (Å²) in [6.07, 6.45) is 1.40. The lowest BCUT2D eigenvalue weighted by Gasteiger charge is -2.08. The summed E-state index contributed by atoms with van der Waals surface area (Å²) in [4.78, 5) is 37.0. The van der Waals surface area contributed by atoms with Gasteiger partial charge in [-0.3, -0.25) is 25.2 Å². The van der Waals surface area contributed by atoms with Gasteiger partial charge in [0.2, 0.25) is 0 Å². The minimum atomic E-state index is -0.481. The summed E-state index contributed by atoms with van der Waals surface area (Å²) in [5.74, 6) is -0.518. The molecular formula is C20H19N3O5S. The molecule has 0 fully saturated rings. The summed E-state index contributed by atoms with van der Waals surface area (Å²) in [5, 5.41) is 3.17. The average molecular weight is 413 g/mol. The number of anilines is 1. The molecule has 3 rings (SSSR count). The Hall–Kier alpha value is -3.59. The third kappa shape index (κ3) is 5.02. The minimum absolute atomic E-state index is 0.171. The SMILES string of the molecule is CCOc1ccc(C(=O)NNC(=O)c2sc(NC(=O)c3ccco3)cc2C)cc1. The van der Waals surface area contributed by atoms with Crippen molar-refractivity contribution in [2.24, 2.45) is 0 Å². The molecule has 8 nitrogen and oxygen atoms in total. The molecule has 2 aromatic heterocycles. The van der Waals surface area contributed by atoms with Crippen molar-refractivity contribution in [2.45, 2.75) is 13.8 Å². The molecule has 0 saturated heterocycles. The molecule has 1 aromatic carbocycles. The van der Waals surface area contributed by atoms with E-state index in [0.29, 0.717) is 33.4 Å². The van der Waals surface area contributed by atoms with Crippen LogP contribution in [-0.4, -0.2) is 24.3 Å². The van der Waals surface area contributed by atoms with Gasteiger partial charge in [-0.2, -0.15) is 0 Å². The molecule has 3 amide bonds. The van der Waals surface area contributed by atoms with Crippen LogP contribution in [0, 0.1) is 6.92 Å². The third-order valence-electron chi connectivity index (χ3n) is 3.82. The van der Waals surface area contributed by atoms with Gasteiger partial charge in [-0.05, 0) is 61.9 Å². The number of aryl methyl sites for hydroxylation is 1. The highest BCUT2D eigenvalue weighted by Crippen LogP contribution is 2.27. The van der Waals surface area contributed by atoms with Crippen molar-refractivity contribution in [1.29, 1.82) is 0 Å². The van der Waals surface area contributed by atoms with Crippen LogP contribution in [0.3, 0.4) is 0 Å². The van der Waals surface area contributed by atoms with Crippen LogP contribution >= 0.6 is 11.3 Å². The van der Waals surface area contributed by atoms with E-state index in [1.807, 2.05) is 6.92 Å². The van der Waals surface area contributed by atoms with Crippen molar-refractivity contribution in [2.75, 3.05) is 11.9 Å². The number of amides is 3. The summed E-state index contributed by atoms with van der Waals surface area (Å²) in [7, 11) is 0. The van der Waals surface area contributed by atoms with E-state index in [0.717, 1.165) is 11.3 Å². The molecule has 3 N–H and O–H groups in total. The molecule has 150 valence electrons. The topological polar surface area (TPSA) is 110 Å². The molecule has 29 heavy (non-hydrogen) atoms. The Morgan fingerprint density at radius 3 is 2.41 bits per heavy atom. The zero-order valence-corrected chi connectivity index (χ0v) is 16.6. The van der Waals surface area contributed by atoms with Gasteiger partial charge in [0, 0.05) is 5.56 Å². The third-order valence-corrected chi connectivity index (χ3v) is 4.97. The number of ether oxygens (including phenoxy) is 1. The highest BCUT2D eigenvalue weighted by molar-refractivity contribution is 7.18. The highest BCUT2D eigenvalue weighted by atomic mass is 32.1. The molecule has 0 saturated carbocycles. The van der Waals surface area contributed by atoms with E-state index in [2.05, 4.69) is 16.2 Å². The zero-order valence-electron chi connectivity index (χ0n) is 15.8. The molecule has 9 heteroatoms. The molecule has 0 spiro atoms. The van der Waals surface area contributed by atoms with E-state index < -0.39 is 17.7 Å². The molecule has 0 aliphatic heterocycles. The van der Waals surface area contributed by atoms with Gasteiger partial charge < -0.3 is 14.5 Å². The lowest BCUT2D eigenvalue weighted by atomic mass is 10.2. The van der Waals surface area contributed by atoms with Crippen LogP contribution in [0.15, 0.2) is 53.1 Å². The first kappa shape index (κ1) is 20.2. The highest BCUT2D eigenvalue weighted by Gasteiger charge is 2.17. The van der Waals surface area contributed by atoms with Crippen LogP contribution in [0.2, 0.25) is 0 Å². The first-order chi connectivity index (χ1) is 14.0. The average Bonchev–Trinajstić information content (AvgIpc) is 3.37. The van der Waals surface area contributed by atoms with Crippen LogP contribution in [0.1, 0.15) is 43.1 Å². The first-order valence-corrected chi connectivity index (χ1v) is 9.58. The van der Waals surface area contributed by atoms with E-state index >= 15 is 0 Å². The smallest absolute Gasteiger partial charge is 0.291 e. The Bertz CT molecular complexity index is 1010. The quantitative estimate of drug-likeness (QED) is 0.537. The normalized spacial score (nSPS) is 10.3. The molecule has 2 heterocycles. The molecule has 3 aromatic rings. The van der Waals surface area contributed by atoms with Gasteiger partial charge in [-0.1, -0.05) is 0 Å². The molecule has 0 aliphatic rings. The second-order valence-electron chi connectivity index (χ2n) is 5.92. The van der Waals surface area contributed by atoms with Gasteiger partial charge in [-0.25, -0.2) is 0 Å². The number of rotatable bonds is 6. The standard InChI is InChI=1S/C20H19N3O5S/c1-3-27-14-8-6-13(7-9-14)18(24)22-23-20(26)17-12(2)11-16(29-17)21-19(25)15-5-4-10-28-15/h4-11H,3H2,1-2H3,(H,21,25)(H,22,24)(H,23,26). The first-order valence-electron chi connectivity index (χ1n) is 8.76. The van der Waals surface area contributed by atoms with Crippen LogP contribution in [0.5, 0.6) is 5.75 Å². The maximum Gasteiger partial charge on any atom is 0.291 e. The Morgan fingerprint density at radius 1 is 1.03 bits per heavy atom. The minimum Gasteiger partial charge on any atom is -0.494 e. The number of thiophene rings is 1. The summed E-state index contributed by atoms with van der Waals surface area (Å²) < 4.78 is 10.4. The summed E-state index contributed by atoms with van der Waals surface area (Å²) >= 11 is 1.09. The number of furan rings is 1. The second kappa shape index (κ2) is 9.07. The fourth-order valence-electron chi connectivity index (χ4n) is 2.46. The van der Waals surface area contributed by atoms with Crippen molar-refractivity contribution < 1.29 is 23.5 Å². The second-order valence-corrected chi connectivity index (χ2v) is 6.97. The number of nitrogens with one attached hydrogen (secondary N) is 3.